The average Bonchev–Trinajstić information content (AvgIpc) is 2.60. The molecule has 0 unspecified atom stereocenters. The second kappa shape index (κ2) is 14.1. The molecule has 5 nitrogen and oxygen atoms in total. The van der Waals surface area contributed by atoms with E-state index in [1.807, 2.05) is 17.8 Å². The molecular formula is C18H28NO4S+. The van der Waals surface area contributed by atoms with E-state index in [4.69, 9.17) is 25.4 Å². The zero-order chi connectivity index (χ0) is 17.5. The molecule has 0 saturated heterocycles. The lowest BCUT2D eigenvalue weighted by atomic mass is 10.4. The molecule has 0 amide bonds. The summed E-state index contributed by atoms with van der Waals surface area (Å²) in [5.74, 6) is 4.32. The third kappa shape index (κ3) is 9.14. The van der Waals surface area contributed by atoms with Crippen molar-refractivity contribution in [3.05, 3.63) is 18.3 Å². The standard InChI is InChI=1S/C18H28NO4S/c1-4-9-20-10-11-21-12-13-22-14-15-23-17-7-8-19(5-2)18(16-17)24-6-3/h1,7-8,16H,5-6,9-15H2,2-3H3/q+1. The van der Waals surface area contributed by atoms with Crippen LogP contribution in [0.5, 0.6) is 5.75 Å². The number of hydrogen-bond acceptors (Lipinski definition) is 5. The lowest BCUT2D eigenvalue weighted by molar-refractivity contribution is -0.729. The Labute approximate surface area is 149 Å². The number of rotatable bonds is 14. The molecule has 1 aromatic rings. The number of nitrogens with zero attached hydrogens (tertiary/aromatic N) is 1. The largest absolute Gasteiger partial charge is 0.491 e. The lowest BCUT2D eigenvalue weighted by Crippen LogP contribution is -2.34. The van der Waals surface area contributed by atoms with E-state index >= 15 is 0 Å². The van der Waals surface area contributed by atoms with E-state index in [1.54, 1.807) is 0 Å². The number of aryl methyl sites for hydroxylation is 1. The summed E-state index contributed by atoms with van der Waals surface area (Å²) in [5, 5.41) is 1.22. The molecule has 134 valence electrons. The van der Waals surface area contributed by atoms with Gasteiger partial charge in [0.2, 0.25) is 5.03 Å². The molecule has 0 N–H and O–H groups in total. The average molecular weight is 354 g/mol. The Balaban J connectivity index is 2.09. The Morgan fingerprint density at radius 1 is 1.04 bits per heavy atom. The van der Waals surface area contributed by atoms with Gasteiger partial charge in [0.1, 0.15) is 25.5 Å². The molecule has 1 aromatic heterocycles. The van der Waals surface area contributed by atoms with Crippen LogP contribution in [-0.2, 0) is 20.8 Å². The Morgan fingerprint density at radius 2 is 1.71 bits per heavy atom. The van der Waals surface area contributed by atoms with E-state index in [2.05, 4.69) is 36.6 Å². The maximum Gasteiger partial charge on any atom is 0.243 e. The van der Waals surface area contributed by atoms with Gasteiger partial charge in [-0.25, -0.2) is 0 Å². The zero-order valence-corrected chi connectivity index (χ0v) is 15.5. The summed E-state index contributed by atoms with van der Waals surface area (Å²) in [4.78, 5) is 0. The van der Waals surface area contributed by atoms with Crippen LogP contribution in [0.15, 0.2) is 23.4 Å². The first kappa shape index (κ1) is 20.8. The number of aromatic nitrogens is 1. The predicted octanol–water partition coefficient (Wildman–Crippen LogP) is 2.17. The van der Waals surface area contributed by atoms with Crippen LogP contribution in [0.1, 0.15) is 13.8 Å². The number of hydrogen-bond donors (Lipinski definition) is 0. The molecule has 1 heterocycles. The molecule has 6 heteroatoms. The van der Waals surface area contributed by atoms with Crippen molar-refractivity contribution in [2.75, 3.05) is 52.0 Å². The summed E-state index contributed by atoms with van der Waals surface area (Å²) in [6, 6.07) is 4.07. The number of ether oxygens (including phenoxy) is 4. The molecule has 0 bridgehead atoms. The number of terminal acetylenes is 1. The van der Waals surface area contributed by atoms with Crippen LogP contribution in [-0.4, -0.2) is 52.0 Å². The third-order valence-electron chi connectivity index (χ3n) is 3.03. The van der Waals surface area contributed by atoms with Crippen LogP contribution in [0.4, 0.5) is 0 Å². The molecule has 0 aromatic carbocycles. The molecule has 0 aliphatic carbocycles. The molecule has 1 rings (SSSR count). The Hall–Kier alpha value is -1.26. The highest BCUT2D eigenvalue weighted by molar-refractivity contribution is 7.99. The van der Waals surface area contributed by atoms with Crippen LogP contribution in [0.2, 0.25) is 0 Å². The van der Waals surface area contributed by atoms with E-state index in [-0.39, 0.29) is 0 Å². The van der Waals surface area contributed by atoms with Gasteiger partial charge in [-0.3, -0.25) is 0 Å². The highest BCUT2D eigenvalue weighted by Gasteiger charge is 2.10. The molecule has 0 radical (unpaired) electrons. The van der Waals surface area contributed by atoms with Gasteiger partial charge in [-0.2, -0.15) is 4.57 Å². The maximum atomic E-state index is 5.73. The maximum absolute atomic E-state index is 5.73. The second-order valence-corrected chi connectivity index (χ2v) is 6.03. The second-order valence-electron chi connectivity index (χ2n) is 4.75. The highest BCUT2D eigenvalue weighted by Crippen LogP contribution is 2.18. The first-order valence-corrected chi connectivity index (χ1v) is 9.26. The van der Waals surface area contributed by atoms with Crippen molar-refractivity contribution in [2.45, 2.75) is 25.4 Å². The van der Waals surface area contributed by atoms with Crippen LogP contribution in [0, 0.1) is 12.3 Å². The molecule has 0 aliphatic heterocycles. The first-order chi connectivity index (χ1) is 11.8. The van der Waals surface area contributed by atoms with Gasteiger partial charge in [0.15, 0.2) is 6.20 Å². The normalized spacial score (nSPS) is 10.5. The minimum atomic E-state index is 0.327. The van der Waals surface area contributed by atoms with Crippen molar-refractivity contribution in [1.82, 2.24) is 0 Å². The van der Waals surface area contributed by atoms with Crippen molar-refractivity contribution < 1.29 is 23.5 Å². The Bertz CT molecular complexity index is 490. The monoisotopic (exact) mass is 354 g/mol. The van der Waals surface area contributed by atoms with Crippen LogP contribution in [0.25, 0.3) is 0 Å². The Kier molecular flexibility index (Phi) is 12.2. The summed E-state index contributed by atoms with van der Waals surface area (Å²) in [6.45, 7) is 8.75. The van der Waals surface area contributed by atoms with Crippen molar-refractivity contribution in [1.29, 1.82) is 0 Å². The molecule has 0 saturated carbocycles. The van der Waals surface area contributed by atoms with E-state index in [9.17, 15) is 0 Å². The summed E-state index contributed by atoms with van der Waals surface area (Å²) in [5.41, 5.74) is 0. The van der Waals surface area contributed by atoms with Crippen molar-refractivity contribution in [3.8, 4) is 18.1 Å². The van der Waals surface area contributed by atoms with Gasteiger partial charge in [0, 0.05) is 11.8 Å². The minimum Gasteiger partial charge on any atom is -0.491 e. The summed E-state index contributed by atoms with van der Waals surface area (Å²) in [6.07, 6.45) is 7.13. The van der Waals surface area contributed by atoms with Crippen molar-refractivity contribution in [3.63, 3.8) is 0 Å². The van der Waals surface area contributed by atoms with Gasteiger partial charge in [0.05, 0.1) is 39.1 Å². The van der Waals surface area contributed by atoms with Crippen molar-refractivity contribution >= 4 is 11.8 Å². The smallest absolute Gasteiger partial charge is 0.243 e. The van der Waals surface area contributed by atoms with E-state index < -0.39 is 0 Å². The van der Waals surface area contributed by atoms with Crippen LogP contribution < -0.4 is 9.30 Å². The SMILES string of the molecule is C#CCOCCOCCOCCOc1cc[n+](CC)c(SCC)c1. The quantitative estimate of drug-likeness (QED) is 0.222. The third-order valence-corrected chi connectivity index (χ3v) is 3.96. The topological polar surface area (TPSA) is 40.8 Å². The molecular weight excluding hydrogens is 326 g/mol. The number of pyridine rings is 1. The van der Waals surface area contributed by atoms with Crippen LogP contribution in [0.3, 0.4) is 0 Å². The van der Waals surface area contributed by atoms with E-state index in [0.29, 0.717) is 46.2 Å². The number of thioether (sulfide) groups is 1. The Morgan fingerprint density at radius 3 is 2.33 bits per heavy atom. The summed E-state index contributed by atoms with van der Waals surface area (Å²) in [7, 11) is 0. The van der Waals surface area contributed by atoms with Gasteiger partial charge in [-0.1, -0.05) is 24.6 Å². The molecule has 0 atom stereocenters. The van der Waals surface area contributed by atoms with Gasteiger partial charge in [-0.15, -0.1) is 6.42 Å². The fraction of sp³-hybridized carbons (Fsp3) is 0.611. The molecule has 0 fully saturated rings. The summed E-state index contributed by atoms with van der Waals surface area (Å²) >= 11 is 1.81. The van der Waals surface area contributed by atoms with Gasteiger partial charge >= 0.3 is 0 Å². The zero-order valence-electron chi connectivity index (χ0n) is 14.7. The van der Waals surface area contributed by atoms with E-state index in [1.165, 1.54) is 5.03 Å². The molecule has 0 spiro atoms. The molecule has 24 heavy (non-hydrogen) atoms. The van der Waals surface area contributed by atoms with Gasteiger partial charge < -0.3 is 18.9 Å². The fourth-order valence-corrected chi connectivity index (χ4v) is 2.75. The fourth-order valence-electron chi connectivity index (χ4n) is 1.90. The lowest BCUT2D eigenvalue weighted by Gasteiger charge is -2.08. The van der Waals surface area contributed by atoms with Gasteiger partial charge in [0.25, 0.3) is 0 Å². The predicted molar refractivity (Wildman–Crippen MR) is 95.5 cm³/mol. The van der Waals surface area contributed by atoms with Crippen LogP contribution >= 0.6 is 11.8 Å². The minimum absolute atomic E-state index is 0.327. The highest BCUT2D eigenvalue weighted by atomic mass is 32.2. The van der Waals surface area contributed by atoms with Crippen molar-refractivity contribution in [2.24, 2.45) is 0 Å². The van der Waals surface area contributed by atoms with Gasteiger partial charge in [-0.05, 0) is 6.92 Å². The molecule has 0 aliphatic rings. The van der Waals surface area contributed by atoms with E-state index in [0.717, 1.165) is 18.0 Å². The first-order valence-electron chi connectivity index (χ1n) is 8.27. The summed E-state index contributed by atoms with van der Waals surface area (Å²) < 4.78 is 23.9.